The first-order valence-electron chi connectivity index (χ1n) is 5.34. The molecule has 0 aromatic carbocycles. The Bertz CT molecular complexity index is 607. The zero-order chi connectivity index (χ0) is 12.4. The molecule has 0 aliphatic rings. The monoisotopic (exact) mass is 293 g/mol. The van der Waals surface area contributed by atoms with E-state index >= 15 is 0 Å². The molecular weight excluding hydrogens is 282 g/mol. The summed E-state index contributed by atoms with van der Waals surface area (Å²) in [5.74, 6) is 0.505. The maximum Gasteiger partial charge on any atom is 0.254 e. The minimum Gasteiger partial charge on any atom is -0.305 e. The van der Waals surface area contributed by atoms with Crippen molar-refractivity contribution in [3.63, 3.8) is 0 Å². The van der Waals surface area contributed by atoms with E-state index in [0.717, 1.165) is 16.6 Å². The molecule has 0 aliphatic heterocycles. The van der Waals surface area contributed by atoms with Crippen LogP contribution in [0.3, 0.4) is 0 Å². The van der Waals surface area contributed by atoms with Crippen molar-refractivity contribution in [1.29, 1.82) is 0 Å². The molecule has 0 spiro atoms. The van der Waals surface area contributed by atoms with E-state index in [-0.39, 0.29) is 5.56 Å². The molecule has 0 unspecified atom stereocenters. The molecule has 2 rings (SSSR count). The van der Waals surface area contributed by atoms with Crippen molar-refractivity contribution in [2.24, 2.45) is 0 Å². The van der Waals surface area contributed by atoms with Crippen molar-refractivity contribution < 1.29 is 0 Å². The third-order valence-corrected chi connectivity index (χ3v) is 3.21. The third-order valence-electron chi connectivity index (χ3n) is 2.57. The minimum absolute atomic E-state index is 0.107. The number of aromatic amines is 1. The number of rotatable bonds is 2. The molecule has 4 nitrogen and oxygen atoms in total. The first-order valence-corrected chi connectivity index (χ1v) is 6.13. The van der Waals surface area contributed by atoms with Crippen LogP contribution in [0.2, 0.25) is 0 Å². The van der Waals surface area contributed by atoms with Crippen LogP contribution in [0.1, 0.15) is 18.2 Å². The number of pyridine rings is 1. The highest BCUT2D eigenvalue weighted by Gasteiger charge is 2.10. The molecule has 0 radical (unpaired) electrons. The fourth-order valence-electron chi connectivity index (χ4n) is 1.60. The highest BCUT2D eigenvalue weighted by atomic mass is 79.9. The summed E-state index contributed by atoms with van der Waals surface area (Å²) in [5, 5.41) is 0. The van der Waals surface area contributed by atoms with Gasteiger partial charge < -0.3 is 4.98 Å². The van der Waals surface area contributed by atoms with Gasteiger partial charge in [-0.1, -0.05) is 6.92 Å². The lowest BCUT2D eigenvalue weighted by Crippen LogP contribution is -2.16. The van der Waals surface area contributed by atoms with E-state index in [1.54, 1.807) is 13.1 Å². The molecule has 0 fully saturated rings. The lowest BCUT2D eigenvalue weighted by Gasteiger charge is -2.06. The van der Waals surface area contributed by atoms with Gasteiger partial charge >= 0.3 is 0 Å². The largest absolute Gasteiger partial charge is 0.305 e. The van der Waals surface area contributed by atoms with E-state index in [1.165, 1.54) is 0 Å². The fraction of sp³-hybridized carbons (Fsp3) is 0.250. The molecule has 2 aromatic rings. The quantitative estimate of drug-likeness (QED) is 0.925. The van der Waals surface area contributed by atoms with Gasteiger partial charge in [0.1, 0.15) is 5.69 Å². The molecule has 5 heteroatoms. The van der Waals surface area contributed by atoms with Crippen LogP contribution >= 0.6 is 15.9 Å². The Balaban J connectivity index is 2.66. The number of nitrogens with one attached hydrogen (secondary N) is 1. The van der Waals surface area contributed by atoms with Crippen LogP contribution in [0, 0.1) is 6.92 Å². The van der Waals surface area contributed by atoms with Gasteiger partial charge in [-0.15, -0.1) is 0 Å². The predicted molar refractivity (Wildman–Crippen MR) is 69.9 cm³/mol. The van der Waals surface area contributed by atoms with Crippen LogP contribution in [0.15, 0.2) is 27.6 Å². The lowest BCUT2D eigenvalue weighted by molar-refractivity contribution is 0.948. The molecule has 0 amide bonds. The van der Waals surface area contributed by atoms with Gasteiger partial charge in [0, 0.05) is 16.2 Å². The van der Waals surface area contributed by atoms with Gasteiger partial charge in [0.05, 0.1) is 5.69 Å². The SMILES string of the molecule is CCc1nc(-c2ncccc2Br)[nH]c(=O)c1C. The fourth-order valence-corrected chi connectivity index (χ4v) is 2.04. The van der Waals surface area contributed by atoms with E-state index in [9.17, 15) is 4.79 Å². The van der Waals surface area contributed by atoms with Crippen LogP contribution in [0.5, 0.6) is 0 Å². The summed E-state index contributed by atoms with van der Waals surface area (Å²) in [4.78, 5) is 23.2. The summed E-state index contributed by atoms with van der Waals surface area (Å²) in [7, 11) is 0. The Morgan fingerprint density at radius 3 is 2.88 bits per heavy atom. The van der Waals surface area contributed by atoms with Gasteiger partial charge in [-0.2, -0.15) is 0 Å². The molecule has 0 saturated carbocycles. The molecule has 0 bridgehead atoms. The molecule has 0 saturated heterocycles. The second-order valence-corrected chi connectivity index (χ2v) is 4.53. The van der Waals surface area contributed by atoms with Crippen LogP contribution < -0.4 is 5.56 Å². The normalized spacial score (nSPS) is 10.5. The van der Waals surface area contributed by atoms with Crippen molar-refractivity contribution in [3.8, 4) is 11.5 Å². The summed E-state index contributed by atoms with van der Waals surface area (Å²) in [6.07, 6.45) is 2.40. The van der Waals surface area contributed by atoms with Crippen LogP contribution in [-0.4, -0.2) is 15.0 Å². The van der Waals surface area contributed by atoms with E-state index in [4.69, 9.17) is 0 Å². The molecule has 17 heavy (non-hydrogen) atoms. The van der Waals surface area contributed by atoms with Gasteiger partial charge in [-0.25, -0.2) is 4.98 Å². The highest BCUT2D eigenvalue weighted by molar-refractivity contribution is 9.10. The van der Waals surface area contributed by atoms with Crippen LogP contribution in [0.4, 0.5) is 0 Å². The smallest absolute Gasteiger partial charge is 0.254 e. The Morgan fingerprint density at radius 1 is 1.47 bits per heavy atom. The van der Waals surface area contributed by atoms with Gasteiger partial charge in [0.25, 0.3) is 5.56 Å². The second-order valence-electron chi connectivity index (χ2n) is 3.67. The number of H-pyrrole nitrogens is 1. The Labute approximate surface area is 107 Å². The van der Waals surface area contributed by atoms with Crippen molar-refractivity contribution in [3.05, 3.63) is 44.4 Å². The zero-order valence-corrected chi connectivity index (χ0v) is 11.2. The van der Waals surface area contributed by atoms with E-state index in [2.05, 4.69) is 30.9 Å². The van der Waals surface area contributed by atoms with Crippen molar-refractivity contribution in [2.75, 3.05) is 0 Å². The molecule has 88 valence electrons. The Kier molecular flexibility index (Phi) is 3.38. The molecule has 0 atom stereocenters. The average molecular weight is 294 g/mol. The predicted octanol–water partition coefficient (Wildman–Crippen LogP) is 2.47. The molecule has 0 aliphatic carbocycles. The van der Waals surface area contributed by atoms with E-state index < -0.39 is 0 Å². The van der Waals surface area contributed by atoms with Crippen LogP contribution in [0.25, 0.3) is 11.5 Å². The van der Waals surface area contributed by atoms with Gasteiger partial charge in [0.15, 0.2) is 5.82 Å². The third kappa shape index (κ3) is 2.29. The summed E-state index contributed by atoms with van der Waals surface area (Å²) >= 11 is 3.40. The second kappa shape index (κ2) is 4.79. The topological polar surface area (TPSA) is 58.6 Å². The number of hydrogen-bond donors (Lipinski definition) is 1. The summed E-state index contributed by atoms with van der Waals surface area (Å²) in [6, 6.07) is 3.69. The standard InChI is InChI=1S/C12H12BrN3O/c1-3-9-7(2)12(17)16-11(15-9)10-8(13)5-4-6-14-10/h4-6H,3H2,1-2H3,(H,15,16,17). The van der Waals surface area contributed by atoms with E-state index in [1.807, 2.05) is 19.1 Å². The number of halogens is 1. The summed E-state index contributed by atoms with van der Waals surface area (Å²) < 4.78 is 0.814. The maximum absolute atomic E-state index is 11.8. The number of nitrogens with zero attached hydrogens (tertiary/aromatic N) is 2. The number of aromatic nitrogens is 3. The van der Waals surface area contributed by atoms with Gasteiger partial charge in [-0.05, 0) is 41.4 Å². The Morgan fingerprint density at radius 2 is 2.24 bits per heavy atom. The van der Waals surface area contributed by atoms with Crippen molar-refractivity contribution >= 4 is 15.9 Å². The molecule has 2 heterocycles. The first-order chi connectivity index (χ1) is 8.13. The summed E-state index contributed by atoms with van der Waals surface area (Å²) in [5.41, 5.74) is 2.02. The number of hydrogen-bond acceptors (Lipinski definition) is 3. The minimum atomic E-state index is -0.107. The Hall–Kier alpha value is -1.49. The van der Waals surface area contributed by atoms with Crippen molar-refractivity contribution in [1.82, 2.24) is 15.0 Å². The average Bonchev–Trinajstić information content (AvgIpc) is 2.33. The van der Waals surface area contributed by atoms with Crippen molar-refractivity contribution in [2.45, 2.75) is 20.3 Å². The van der Waals surface area contributed by atoms with Gasteiger partial charge in [0.2, 0.25) is 0 Å². The highest BCUT2D eigenvalue weighted by Crippen LogP contribution is 2.22. The summed E-state index contributed by atoms with van der Waals surface area (Å²) in [6.45, 7) is 3.76. The maximum atomic E-state index is 11.8. The molecule has 1 N–H and O–H groups in total. The van der Waals surface area contributed by atoms with Gasteiger partial charge in [-0.3, -0.25) is 9.78 Å². The first kappa shape index (κ1) is 12.0. The molecule has 2 aromatic heterocycles. The van der Waals surface area contributed by atoms with Crippen LogP contribution in [-0.2, 0) is 6.42 Å². The zero-order valence-electron chi connectivity index (χ0n) is 9.62. The lowest BCUT2D eigenvalue weighted by atomic mass is 10.2. The number of aryl methyl sites for hydroxylation is 1. The van der Waals surface area contributed by atoms with E-state index in [0.29, 0.717) is 17.1 Å². The molecular formula is C12H12BrN3O.